The topological polar surface area (TPSA) is 0 Å². The molecule has 0 heterocycles. The third-order valence-electron chi connectivity index (χ3n) is 0.962. The molecule has 0 fully saturated rings. The molecule has 0 atom stereocenters. The number of benzene rings is 1. The molecule has 1 aromatic carbocycles. The van der Waals surface area contributed by atoms with Crippen molar-refractivity contribution in [2.75, 3.05) is 0 Å². The van der Waals surface area contributed by atoms with Crippen molar-refractivity contribution in [3.63, 3.8) is 0 Å². The first-order chi connectivity index (χ1) is 4.20. The molecule has 0 spiro atoms. The predicted molar refractivity (Wildman–Crippen MR) is 43.2 cm³/mol. The van der Waals surface area contributed by atoms with Crippen LogP contribution in [0.1, 0.15) is 0 Å². The van der Waals surface area contributed by atoms with E-state index >= 15 is 0 Å². The molecule has 0 amide bonds. The standard InChI is InChI=1S/C6H3Cl2.Sn.H/c7-5-2-1-3-6(8)4-5;;/h1-2,4H;;. The van der Waals surface area contributed by atoms with Gasteiger partial charge in [0.25, 0.3) is 0 Å². The molecule has 1 rings (SSSR count). The summed E-state index contributed by atoms with van der Waals surface area (Å²) in [6, 6.07) is 5.57. The van der Waals surface area contributed by atoms with Crippen LogP contribution in [0.4, 0.5) is 0 Å². The van der Waals surface area contributed by atoms with E-state index < -0.39 is 0 Å². The summed E-state index contributed by atoms with van der Waals surface area (Å²) in [5.41, 5.74) is 0. The first kappa shape index (κ1) is 7.70. The van der Waals surface area contributed by atoms with Crippen molar-refractivity contribution in [2.24, 2.45) is 0 Å². The molecule has 1 aromatic rings. The van der Waals surface area contributed by atoms with Gasteiger partial charge in [0.05, 0.1) is 0 Å². The Hall–Kier alpha value is 0.599. The minimum atomic E-state index is 0.707. The van der Waals surface area contributed by atoms with E-state index in [1.807, 2.05) is 12.1 Å². The fourth-order valence-electron chi connectivity index (χ4n) is 0.502. The van der Waals surface area contributed by atoms with Gasteiger partial charge in [-0.25, -0.2) is 0 Å². The normalized spacial score (nSPS) is 9.67. The molecule has 0 N–H and O–H groups in total. The third kappa shape index (κ3) is 2.02. The van der Waals surface area contributed by atoms with Crippen molar-refractivity contribution in [1.82, 2.24) is 0 Å². The molecule has 0 nitrogen and oxygen atoms in total. The first-order valence-electron chi connectivity index (χ1n) is 2.40. The second-order valence-electron chi connectivity index (χ2n) is 1.67. The van der Waals surface area contributed by atoms with E-state index in [-0.39, 0.29) is 0 Å². The van der Waals surface area contributed by atoms with Crippen LogP contribution in [-0.2, 0) is 0 Å². The van der Waals surface area contributed by atoms with Crippen molar-refractivity contribution in [2.45, 2.75) is 0 Å². The van der Waals surface area contributed by atoms with Gasteiger partial charge in [-0.1, -0.05) is 0 Å². The zero-order valence-corrected chi connectivity index (χ0v) is 9.37. The average molecular weight is 266 g/mol. The van der Waals surface area contributed by atoms with Crippen molar-refractivity contribution in [1.29, 1.82) is 0 Å². The summed E-state index contributed by atoms with van der Waals surface area (Å²) in [7, 11) is 0. The van der Waals surface area contributed by atoms with Gasteiger partial charge in [-0.2, -0.15) is 0 Å². The summed E-state index contributed by atoms with van der Waals surface area (Å²) in [4.78, 5) is 0. The van der Waals surface area contributed by atoms with E-state index in [9.17, 15) is 0 Å². The van der Waals surface area contributed by atoms with Gasteiger partial charge in [-0.05, 0) is 0 Å². The third-order valence-corrected chi connectivity index (χ3v) is 3.48. The molecule has 0 saturated heterocycles. The van der Waals surface area contributed by atoms with Crippen molar-refractivity contribution in [3.05, 3.63) is 28.2 Å². The molecule has 0 aromatic heterocycles. The summed E-state index contributed by atoms with van der Waals surface area (Å²) in [5, 5.41) is 1.49. The molecule has 0 unspecified atom stereocenters. The van der Waals surface area contributed by atoms with Gasteiger partial charge in [0, 0.05) is 0 Å². The SMILES string of the molecule is Clc1cc[c]([SnH])c(Cl)c1. The Labute approximate surface area is 77.2 Å². The van der Waals surface area contributed by atoms with Crippen molar-refractivity contribution < 1.29 is 0 Å². The predicted octanol–water partition coefficient (Wildman–Crippen LogP) is 1.52. The molecule has 0 bridgehead atoms. The van der Waals surface area contributed by atoms with Crippen LogP contribution >= 0.6 is 23.2 Å². The number of halogens is 2. The molecule has 2 radical (unpaired) electrons. The van der Waals surface area contributed by atoms with E-state index in [0.29, 0.717) is 5.02 Å². The average Bonchev–Trinajstić information content (AvgIpc) is 1.80. The molecule has 3 heteroatoms. The fraction of sp³-hybridized carbons (Fsp3) is 0. The Kier molecular flexibility index (Phi) is 2.68. The van der Waals surface area contributed by atoms with E-state index in [2.05, 4.69) is 0 Å². The molecule has 0 aliphatic carbocycles. The summed E-state index contributed by atoms with van der Waals surface area (Å²) in [6.45, 7) is 0. The minimum absolute atomic E-state index is 0.707. The monoisotopic (exact) mass is 266 g/mol. The number of rotatable bonds is 0. The summed E-state index contributed by atoms with van der Waals surface area (Å²) < 4.78 is 1.19. The van der Waals surface area contributed by atoms with Crippen LogP contribution in [0.15, 0.2) is 18.2 Å². The van der Waals surface area contributed by atoms with Gasteiger partial charge in [-0.15, -0.1) is 0 Å². The Bertz CT molecular complexity index is 222. The van der Waals surface area contributed by atoms with E-state index in [0.717, 1.165) is 27.5 Å². The summed E-state index contributed by atoms with van der Waals surface area (Å²) in [5.74, 6) is 0. The Morgan fingerprint density at radius 3 is 2.33 bits per heavy atom. The Morgan fingerprint density at radius 2 is 1.89 bits per heavy atom. The molecule has 9 heavy (non-hydrogen) atoms. The molecule has 46 valence electrons. The van der Waals surface area contributed by atoms with Gasteiger partial charge in [0.1, 0.15) is 0 Å². The molecule has 0 aliphatic heterocycles. The van der Waals surface area contributed by atoms with Gasteiger partial charge in [0.15, 0.2) is 0 Å². The zero-order valence-electron chi connectivity index (χ0n) is 4.57. The summed E-state index contributed by atoms with van der Waals surface area (Å²) >= 11 is 12.5. The molecule has 0 aliphatic rings. The quantitative estimate of drug-likeness (QED) is 0.624. The van der Waals surface area contributed by atoms with Crippen molar-refractivity contribution >= 4 is 49.3 Å². The van der Waals surface area contributed by atoms with Crippen LogP contribution in [0.2, 0.25) is 10.0 Å². The van der Waals surface area contributed by atoms with Crippen LogP contribution in [0.5, 0.6) is 0 Å². The van der Waals surface area contributed by atoms with Gasteiger partial charge in [0.2, 0.25) is 0 Å². The molecular formula is C6H4Cl2Sn. The fourth-order valence-corrected chi connectivity index (χ4v) is 1.42. The second-order valence-corrected chi connectivity index (χ2v) is 4.28. The Morgan fingerprint density at radius 1 is 1.22 bits per heavy atom. The number of hydrogen-bond donors (Lipinski definition) is 0. The van der Waals surface area contributed by atoms with E-state index in [4.69, 9.17) is 23.2 Å². The number of hydrogen-bond acceptors (Lipinski definition) is 0. The molecule has 0 saturated carbocycles. The van der Waals surface area contributed by atoms with E-state index in [1.54, 1.807) is 6.07 Å². The maximum absolute atomic E-state index is 5.76. The Balaban J connectivity index is 3.17. The van der Waals surface area contributed by atoms with Crippen LogP contribution in [0.25, 0.3) is 0 Å². The second kappa shape index (κ2) is 3.13. The first-order valence-corrected chi connectivity index (χ1v) is 4.81. The van der Waals surface area contributed by atoms with Crippen LogP contribution in [-0.4, -0.2) is 22.5 Å². The van der Waals surface area contributed by atoms with Gasteiger partial charge >= 0.3 is 77.6 Å². The van der Waals surface area contributed by atoms with Gasteiger partial charge < -0.3 is 0 Å². The van der Waals surface area contributed by atoms with Crippen LogP contribution < -0.4 is 3.58 Å². The molecular weight excluding hydrogens is 262 g/mol. The van der Waals surface area contributed by atoms with Gasteiger partial charge in [-0.3, -0.25) is 0 Å². The summed E-state index contributed by atoms with van der Waals surface area (Å²) in [6.07, 6.45) is 0. The zero-order chi connectivity index (χ0) is 6.85. The van der Waals surface area contributed by atoms with Crippen LogP contribution in [0, 0.1) is 0 Å². The van der Waals surface area contributed by atoms with Crippen LogP contribution in [0.3, 0.4) is 0 Å². The van der Waals surface area contributed by atoms with Crippen molar-refractivity contribution in [3.8, 4) is 0 Å². The maximum atomic E-state index is 5.76. The van der Waals surface area contributed by atoms with E-state index in [1.165, 1.54) is 3.58 Å².